The SMILES string of the molecule is NC(CO)c1ccc(C2CCOC2)cc1. The molecular formula is C12H17NO2. The number of ether oxygens (including phenoxy) is 1. The Morgan fingerprint density at radius 1 is 1.40 bits per heavy atom. The Hall–Kier alpha value is -0.900. The van der Waals surface area contributed by atoms with Gasteiger partial charge in [0.1, 0.15) is 0 Å². The first-order valence-electron chi connectivity index (χ1n) is 5.35. The van der Waals surface area contributed by atoms with Crippen molar-refractivity contribution in [2.24, 2.45) is 5.73 Å². The highest BCUT2D eigenvalue weighted by Crippen LogP contribution is 2.25. The molecule has 1 aliphatic heterocycles. The minimum absolute atomic E-state index is 0.00805. The summed E-state index contributed by atoms with van der Waals surface area (Å²) in [5.74, 6) is 0.532. The van der Waals surface area contributed by atoms with E-state index in [-0.39, 0.29) is 12.6 Å². The van der Waals surface area contributed by atoms with Crippen LogP contribution in [0.1, 0.15) is 29.5 Å². The van der Waals surface area contributed by atoms with Crippen molar-refractivity contribution in [3.63, 3.8) is 0 Å². The summed E-state index contributed by atoms with van der Waals surface area (Å²) in [6.07, 6.45) is 1.10. The molecule has 1 aliphatic rings. The van der Waals surface area contributed by atoms with Crippen molar-refractivity contribution in [1.29, 1.82) is 0 Å². The monoisotopic (exact) mass is 207 g/mol. The van der Waals surface area contributed by atoms with Crippen molar-refractivity contribution in [3.05, 3.63) is 35.4 Å². The molecule has 0 aromatic heterocycles. The Morgan fingerprint density at radius 3 is 2.67 bits per heavy atom. The van der Waals surface area contributed by atoms with Gasteiger partial charge in [0.2, 0.25) is 0 Å². The third kappa shape index (κ3) is 2.37. The summed E-state index contributed by atoms with van der Waals surface area (Å²) in [6, 6.07) is 7.90. The van der Waals surface area contributed by atoms with E-state index in [9.17, 15) is 0 Å². The molecule has 2 unspecified atom stereocenters. The molecule has 0 spiro atoms. The Balaban J connectivity index is 2.09. The molecule has 2 rings (SSSR count). The van der Waals surface area contributed by atoms with E-state index in [1.165, 1.54) is 5.56 Å². The third-order valence-electron chi connectivity index (χ3n) is 2.96. The van der Waals surface area contributed by atoms with Gasteiger partial charge in [-0.15, -0.1) is 0 Å². The first-order valence-corrected chi connectivity index (χ1v) is 5.35. The number of benzene rings is 1. The fourth-order valence-corrected chi connectivity index (χ4v) is 1.92. The Kier molecular flexibility index (Phi) is 3.36. The average molecular weight is 207 g/mol. The Bertz CT molecular complexity index is 304. The quantitative estimate of drug-likeness (QED) is 0.782. The van der Waals surface area contributed by atoms with E-state index in [4.69, 9.17) is 15.6 Å². The van der Waals surface area contributed by atoms with Gasteiger partial charge in [-0.1, -0.05) is 24.3 Å². The fraction of sp³-hybridized carbons (Fsp3) is 0.500. The highest BCUT2D eigenvalue weighted by atomic mass is 16.5. The average Bonchev–Trinajstić information content (AvgIpc) is 2.82. The van der Waals surface area contributed by atoms with Gasteiger partial charge in [0.15, 0.2) is 0 Å². The van der Waals surface area contributed by atoms with Crippen molar-refractivity contribution < 1.29 is 9.84 Å². The Labute approximate surface area is 89.9 Å². The summed E-state index contributed by atoms with van der Waals surface area (Å²) < 4.78 is 5.35. The molecule has 3 heteroatoms. The van der Waals surface area contributed by atoms with E-state index >= 15 is 0 Å². The highest BCUT2D eigenvalue weighted by Gasteiger charge is 2.17. The van der Waals surface area contributed by atoms with Crippen LogP contribution in [0.4, 0.5) is 0 Å². The van der Waals surface area contributed by atoms with Crippen LogP contribution in [0.2, 0.25) is 0 Å². The molecular weight excluding hydrogens is 190 g/mol. The summed E-state index contributed by atoms with van der Waals surface area (Å²) in [6.45, 7) is 1.68. The molecule has 82 valence electrons. The first kappa shape index (κ1) is 10.6. The maximum atomic E-state index is 8.92. The van der Waals surface area contributed by atoms with Crippen molar-refractivity contribution in [2.75, 3.05) is 19.8 Å². The molecule has 0 amide bonds. The van der Waals surface area contributed by atoms with Crippen LogP contribution in [0.3, 0.4) is 0 Å². The Morgan fingerprint density at radius 2 is 2.13 bits per heavy atom. The van der Waals surface area contributed by atoms with E-state index in [1.807, 2.05) is 12.1 Å². The maximum Gasteiger partial charge on any atom is 0.0624 e. The van der Waals surface area contributed by atoms with Gasteiger partial charge in [0.05, 0.1) is 19.3 Å². The third-order valence-corrected chi connectivity index (χ3v) is 2.96. The zero-order valence-electron chi connectivity index (χ0n) is 8.73. The zero-order chi connectivity index (χ0) is 10.7. The highest BCUT2D eigenvalue weighted by molar-refractivity contribution is 5.27. The summed E-state index contributed by atoms with van der Waals surface area (Å²) in [7, 11) is 0. The van der Waals surface area contributed by atoms with Crippen LogP contribution in [-0.2, 0) is 4.74 Å². The second-order valence-electron chi connectivity index (χ2n) is 4.02. The van der Waals surface area contributed by atoms with Crippen molar-refractivity contribution >= 4 is 0 Å². The van der Waals surface area contributed by atoms with Crippen LogP contribution in [0.5, 0.6) is 0 Å². The summed E-state index contributed by atoms with van der Waals surface area (Å²) in [5.41, 5.74) is 8.02. The van der Waals surface area contributed by atoms with Crippen LogP contribution in [0.15, 0.2) is 24.3 Å². The van der Waals surface area contributed by atoms with E-state index in [2.05, 4.69) is 12.1 Å². The molecule has 1 saturated heterocycles. The fourth-order valence-electron chi connectivity index (χ4n) is 1.92. The van der Waals surface area contributed by atoms with Crippen LogP contribution in [0.25, 0.3) is 0 Å². The first-order chi connectivity index (χ1) is 7.31. The van der Waals surface area contributed by atoms with Gasteiger partial charge >= 0.3 is 0 Å². The van der Waals surface area contributed by atoms with Crippen LogP contribution in [-0.4, -0.2) is 24.9 Å². The molecule has 0 saturated carbocycles. The molecule has 1 aromatic rings. The number of hydrogen-bond donors (Lipinski definition) is 2. The predicted octanol–water partition coefficient (Wildman–Crippen LogP) is 1.18. The summed E-state index contributed by atoms with van der Waals surface area (Å²) >= 11 is 0. The second kappa shape index (κ2) is 4.75. The van der Waals surface area contributed by atoms with Gasteiger partial charge < -0.3 is 15.6 Å². The molecule has 2 atom stereocenters. The number of hydrogen-bond acceptors (Lipinski definition) is 3. The number of aliphatic hydroxyl groups is 1. The number of nitrogens with two attached hydrogens (primary N) is 1. The lowest BCUT2D eigenvalue weighted by atomic mass is 9.96. The minimum atomic E-state index is -0.265. The number of aliphatic hydroxyl groups excluding tert-OH is 1. The van der Waals surface area contributed by atoms with E-state index < -0.39 is 0 Å². The lowest BCUT2D eigenvalue weighted by molar-refractivity contribution is 0.194. The predicted molar refractivity (Wildman–Crippen MR) is 58.6 cm³/mol. The normalized spacial score (nSPS) is 22.9. The topological polar surface area (TPSA) is 55.5 Å². The van der Waals surface area contributed by atoms with Crippen LogP contribution in [0, 0.1) is 0 Å². The maximum absolute atomic E-state index is 8.92. The molecule has 3 nitrogen and oxygen atoms in total. The van der Waals surface area contributed by atoms with Crippen molar-refractivity contribution in [1.82, 2.24) is 0 Å². The standard InChI is InChI=1S/C12H17NO2/c13-12(7-14)10-3-1-9(2-4-10)11-5-6-15-8-11/h1-4,11-12,14H,5-8,13H2. The summed E-state index contributed by atoms with van der Waals surface area (Å²) in [5, 5.41) is 8.92. The molecule has 1 aromatic carbocycles. The second-order valence-corrected chi connectivity index (χ2v) is 4.02. The van der Waals surface area contributed by atoms with Gasteiger partial charge in [-0.25, -0.2) is 0 Å². The van der Waals surface area contributed by atoms with Gasteiger partial charge in [-0.3, -0.25) is 0 Å². The lowest BCUT2D eigenvalue weighted by Crippen LogP contribution is -2.14. The largest absolute Gasteiger partial charge is 0.394 e. The molecule has 0 radical (unpaired) electrons. The zero-order valence-corrected chi connectivity index (χ0v) is 8.73. The van der Waals surface area contributed by atoms with Crippen molar-refractivity contribution in [3.8, 4) is 0 Å². The van der Waals surface area contributed by atoms with E-state index in [0.29, 0.717) is 5.92 Å². The van der Waals surface area contributed by atoms with Crippen LogP contribution < -0.4 is 5.73 Å². The van der Waals surface area contributed by atoms with E-state index in [0.717, 1.165) is 25.2 Å². The molecule has 3 N–H and O–H groups in total. The minimum Gasteiger partial charge on any atom is -0.394 e. The van der Waals surface area contributed by atoms with Crippen molar-refractivity contribution in [2.45, 2.75) is 18.4 Å². The molecule has 0 bridgehead atoms. The summed E-state index contributed by atoms with van der Waals surface area (Å²) in [4.78, 5) is 0. The van der Waals surface area contributed by atoms with Gasteiger partial charge in [0.25, 0.3) is 0 Å². The lowest BCUT2D eigenvalue weighted by Gasteiger charge is -2.11. The molecule has 0 aliphatic carbocycles. The smallest absolute Gasteiger partial charge is 0.0624 e. The van der Waals surface area contributed by atoms with Gasteiger partial charge in [-0.05, 0) is 17.5 Å². The van der Waals surface area contributed by atoms with Gasteiger partial charge in [0, 0.05) is 12.5 Å². The molecule has 1 fully saturated rings. The van der Waals surface area contributed by atoms with E-state index in [1.54, 1.807) is 0 Å². The van der Waals surface area contributed by atoms with Crippen LogP contribution >= 0.6 is 0 Å². The molecule has 1 heterocycles. The molecule has 15 heavy (non-hydrogen) atoms. The van der Waals surface area contributed by atoms with Gasteiger partial charge in [-0.2, -0.15) is 0 Å². The number of rotatable bonds is 3.